The SMILES string of the molecule is CC(C)N(CS)/C(=N\CS)c1ccccc1. The molecule has 88 valence electrons. The van der Waals surface area contributed by atoms with Crippen molar-refractivity contribution < 1.29 is 0 Å². The summed E-state index contributed by atoms with van der Waals surface area (Å²) >= 11 is 8.53. The molecular weight excluding hydrogens is 236 g/mol. The Hall–Kier alpha value is -0.610. The zero-order valence-electron chi connectivity index (χ0n) is 9.67. The van der Waals surface area contributed by atoms with Crippen molar-refractivity contribution >= 4 is 31.1 Å². The molecule has 1 aromatic rings. The van der Waals surface area contributed by atoms with E-state index in [9.17, 15) is 0 Å². The van der Waals surface area contributed by atoms with Crippen LogP contribution < -0.4 is 0 Å². The molecule has 0 heterocycles. The topological polar surface area (TPSA) is 15.6 Å². The second kappa shape index (κ2) is 6.86. The Kier molecular flexibility index (Phi) is 5.77. The van der Waals surface area contributed by atoms with Gasteiger partial charge in [-0.1, -0.05) is 30.3 Å². The molecule has 0 aliphatic carbocycles. The van der Waals surface area contributed by atoms with Crippen molar-refractivity contribution in [2.45, 2.75) is 19.9 Å². The van der Waals surface area contributed by atoms with E-state index in [1.54, 1.807) is 0 Å². The van der Waals surface area contributed by atoms with Crippen molar-refractivity contribution in [1.29, 1.82) is 0 Å². The molecule has 16 heavy (non-hydrogen) atoms. The van der Waals surface area contributed by atoms with E-state index in [0.29, 0.717) is 17.8 Å². The van der Waals surface area contributed by atoms with Crippen LogP contribution in [0, 0.1) is 0 Å². The van der Waals surface area contributed by atoms with Crippen molar-refractivity contribution in [2.24, 2.45) is 4.99 Å². The summed E-state index contributed by atoms with van der Waals surface area (Å²) < 4.78 is 0. The van der Waals surface area contributed by atoms with Crippen LogP contribution in [0.4, 0.5) is 0 Å². The summed E-state index contributed by atoms with van der Waals surface area (Å²) in [7, 11) is 0. The monoisotopic (exact) mass is 254 g/mol. The molecule has 0 aliphatic heterocycles. The lowest BCUT2D eigenvalue weighted by Gasteiger charge is -2.28. The Balaban J connectivity index is 3.05. The molecular formula is C12H18N2S2. The van der Waals surface area contributed by atoms with Crippen molar-refractivity contribution in [3.8, 4) is 0 Å². The summed E-state index contributed by atoms with van der Waals surface area (Å²) in [6, 6.07) is 10.5. The molecule has 0 amide bonds. The van der Waals surface area contributed by atoms with Crippen LogP contribution in [-0.2, 0) is 0 Å². The summed E-state index contributed by atoms with van der Waals surface area (Å²) in [6.07, 6.45) is 0. The molecule has 0 aliphatic rings. The van der Waals surface area contributed by atoms with Crippen LogP contribution in [0.25, 0.3) is 0 Å². The van der Waals surface area contributed by atoms with E-state index < -0.39 is 0 Å². The minimum absolute atomic E-state index is 0.372. The number of aliphatic imine (C=N–C) groups is 1. The third-order valence-electron chi connectivity index (χ3n) is 2.30. The second-order valence-electron chi connectivity index (χ2n) is 3.69. The van der Waals surface area contributed by atoms with Crippen molar-refractivity contribution in [3.63, 3.8) is 0 Å². The van der Waals surface area contributed by atoms with E-state index in [1.165, 1.54) is 0 Å². The van der Waals surface area contributed by atoms with Crippen LogP contribution in [0.15, 0.2) is 35.3 Å². The molecule has 0 N–H and O–H groups in total. The highest BCUT2D eigenvalue weighted by Gasteiger charge is 2.14. The predicted molar refractivity (Wildman–Crippen MR) is 77.7 cm³/mol. The van der Waals surface area contributed by atoms with E-state index in [4.69, 9.17) is 0 Å². The van der Waals surface area contributed by atoms with E-state index >= 15 is 0 Å². The minimum Gasteiger partial charge on any atom is -0.345 e. The molecule has 1 aromatic carbocycles. The van der Waals surface area contributed by atoms with Gasteiger partial charge in [-0.25, -0.2) is 0 Å². The maximum absolute atomic E-state index is 4.44. The molecule has 0 fully saturated rings. The smallest absolute Gasteiger partial charge is 0.132 e. The molecule has 1 rings (SSSR count). The van der Waals surface area contributed by atoms with Gasteiger partial charge in [-0.2, -0.15) is 25.3 Å². The van der Waals surface area contributed by atoms with Crippen LogP contribution in [0.1, 0.15) is 19.4 Å². The zero-order valence-corrected chi connectivity index (χ0v) is 11.5. The summed E-state index contributed by atoms with van der Waals surface area (Å²) in [4.78, 5) is 6.59. The standard InChI is InChI=1S/C12H18N2S2/c1-10(2)14(9-16)12(13-8-15)11-6-4-3-5-7-11/h3-7,10,15-16H,8-9H2,1-2H3/b13-12-. The Labute approximate surface area is 109 Å². The van der Waals surface area contributed by atoms with Gasteiger partial charge in [-0.05, 0) is 13.8 Å². The van der Waals surface area contributed by atoms with Gasteiger partial charge in [0.2, 0.25) is 0 Å². The van der Waals surface area contributed by atoms with Crippen LogP contribution in [0.2, 0.25) is 0 Å². The first-order chi connectivity index (χ1) is 7.70. The molecule has 0 radical (unpaired) electrons. The maximum Gasteiger partial charge on any atom is 0.132 e. The highest BCUT2D eigenvalue weighted by Crippen LogP contribution is 2.10. The fraction of sp³-hybridized carbons (Fsp3) is 0.417. The molecule has 0 unspecified atom stereocenters. The fourth-order valence-corrected chi connectivity index (χ4v) is 2.07. The first-order valence-corrected chi connectivity index (χ1v) is 6.55. The molecule has 0 spiro atoms. The van der Waals surface area contributed by atoms with Crippen LogP contribution in [0.5, 0.6) is 0 Å². The van der Waals surface area contributed by atoms with Crippen LogP contribution in [0.3, 0.4) is 0 Å². The summed E-state index contributed by atoms with van der Waals surface area (Å²) in [5, 5.41) is 0. The summed E-state index contributed by atoms with van der Waals surface area (Å²) in [5.41, 5.74) is 1.11. The fourth-order valence-electron chi connectivity index (χ4n) is 1.48. The lowest BCUT2D eigenvalue weighted by atomic mass is 10.2. The average molecular weight is 254 g/mol. The van der Waals surface area contributed by atoms with E-state index in [2.05, 4.69) is 61.1 Å². The largest absolute Gasteiger partial charge is 0.345 e. The van der Waals surface area contributed by atoms with Crippen molar-refractivity contribution in [2.75, 3.05) is 11.8 Å². The average Bonchev–Trinajstić information content (AvgIpc) is 2.29. The van der Waals surface area contributed by atoms with Crippen LogP contribution >= 0.6 is 25.3 Å². The number of benzene rings is 1. The van der Waals surface area contributed by atoms with E-state index in [1.807, 2.05) is 18.2 Å². The van der Waals surface area contributed by atoms with Gasteiger partial charge in [0, 0.05) is 11.6 Å². The van der Waals surface area contributed by atoms with Gasteiger partial charge < -0.3 is 4.90 Å². The molecule has 0 atom stereocenters. The normalized spacial score (nSPS) is 11.9. The first kappa shape index (κ1) is 13.5. The highest BCUT2D eigenvalue weighted by atomic mass is 32.1. The molecule has 4 heteroatoms. The zero-order chi connectivity index (χ0) is 12.0. The lowest BCUT2D eigenvalue weighted by Crippen LogP contribution is -2.36. The number of hydrogen-bond acceptors (Lipinski definition) is 3. The Morgan fingerprint density at radius 3 is 2.31 bits per heavy atom. The number of amidine groups is 1. The Bertz CT molecular complexity index is 336. The summed E-state index contributed by atoms with van der Waals surface area (Å²) in [6.45, 7) is 4.26. The Morgan fingerprint density at radius 2 is 1.88 bits per heavy atom. The summed E-state index contributed by atoms with van der Waals surface area (Å²) in [5.74, 6) is 2.10. The number of thiol groups is 2. The van der Waals surface area contributed by atoms with Gasteiger partial charge in [0.25, 0.3) is 0 Å². The second-order valence-corrected chi connectivity index (χ2v) is 4.26. The quantitative estimate of drug-likeness (QED) is 0.365. The predicted octanol–water partition coefficient (Wildman–Crippen LogP) is 2.92. The minimum atomic E-state index is 0.372. The molecule has 2 nitrogen and oxygen atoms in total. The molecule has 0 saturated carbocycles. The van der Waals surface area contributed by atoms with Gasteiger partial charge in [-0.3, -0.25) is 4.99 Å². The van der Waals surface area contributed by atoms with Gasteiger partial charge >= 0.3 is 0 Å². The Morgan fingerprint density at radius 1 is 1.25 bits per heavy atom. The van der Waals surface area contributed by atoms with E-state index in [0.717, 1.165) is 11.4 Å². The number of nitrogens with zero attached hydrogens (tertiary/aromatic N) is 2. The van der Waals surface area contributed by atoms with Gasteiger partial charge in [-0.15, -0.1) is 0 Å². The third-order valence-corrected chi connectivity index (χ3v) is 2.75. The highest BCUT2D eigenvalue weighted by molar-refractivity contribution is 7.80. The van der Waals surface area contributed by atoms with E-state index in [-0.39, 0.29) is 0 Å². The van der Waals surface area contributed by atoms with Gasteiger partial charge in [0.15, 0.2) is 0 Å². The molecule has 0 aromatic heterocycles. The van der Waals surface area contributed by atoms with Crippen LogP contribution in [-0.4, -0.2) is 28.5 Å². The van der Waals surface area contributed by atoms with Gasteiger partial charge in [0.1, 0.15) is 5.84 Å². The first-order valence-electron chi connectivity index (χ1n) is 5.29. The maximum atomic E-state index is 4.44. The van der Waals surface area contributed by atoms with Crippen molar-refractivity contribution in [3.05, 3.63) is 35.9 Å². The van der Waals surface area contributed by atoms with Crippen molar-refractivity contribution in [1.82, 2.24) is 4.90 Å². The number of rotatable bonds is 4. The van der Waals surface area contributed by atoms with Gasteiger partial charge in [0.05, 0.1) is 11.8 Å². The third kappa shape index (κ3) is 3.46. The number of hydrogen-bond donors (Lipinski definition) is 2. The molecule has 0 bridgehead atoms. The lowest BCUT2D eigenvalue weighted by molar-refractivity contribution is 0.404. The molecule has 0 saturated heterocycles.